The first-order chi connectivity index (χ1) is 11.5. The van der Waals surface area contributed by atoms with Crippen LogP contribution in [0.2, 0.25) is 0 Å². The molecule has 1 aliphatic heterocycles. The maximum Gasteiger partial charge on any atom is 0.413 e. The number of para-hydroxylation sites is 2. The molecule has 1 aliphatic rings. The summed E-state index contributed by atoms with van der Waals surface area (Å²) in [7, 11) is 0. The van der Waals surface area contributed by atoms with Crippen molar-refractivity contribution in [2.45, 2.75) is 52.0 Å². The first-order valence-corrected chi connectivity index (χ1v) is 8.04. The Balaban J connectivity index is 2.13. The van der Waals surface area contributed by atoms with Gasteiger partial charge in [-0.1, -0.05) is 12.1 Å². The van der Waals surface area contributed by atoms with Crippen LogP contribution < -0.4 is 4.74 Å². The van der Waals surface area contributed by atoms with Gasteiger partial charge in [0.15, 0.2) is 5.75 Å². The lowest BCUT2D eigenvalue weighted by molar-refractivity contribution is -0.385. The molecule has 25 heavy (non-hydrogen) atoms. The Morgan fingerprint density at radius 2 is 2.04 bits per heavy atom. The van der Waals surface area contributed by atoms with E-state index in [4.69, 9.17) is 14.2 Å². The van der Waals surface area contributed by atoms with Gasteiger partial charge >= 0.3 is 11.8 Å². The van der Waals surface area contributed by atoms with E-state index in [0.29, 0.717) is 0 Å². The second kappa shape index (κ2) is 6.87. The monoisotopic (exact) mass is 352 g/mol. The Hall–Kier alpha value is -2.35. The molecule has 1 atom stereocenters. The number of carbonyl (C=O) groups excluding carboxylic acids is 1. The van der Waals surface area contributed by atoms with Crippen LogP contribution in [-0.4, -0.2) is 46.5 Å². The van der Waals surface area contributed by atoms with Crippen molar-refractivity contribution in [1.29, 1.82) is 0 Å². The number of benzene rings is 1. The molecule has 1 fully saturated rings. The Morgan fingerprint density at radius 3 is 2.64 bits per heavy atom. The van der Waals surface area contributed by atoms with Gasteiger partial charge in [0.2, 0.25) is 0 Å². The molecule has 0 radical (unpaired) electrons. The first kappa shape index (κ1) is 19.0. The summed E-state index contributed by atoms with van der Waals surface area (Å²) in [6.07, 6.45) is -0.508. The molecule has 0 N–H and O–H groups in total. The summed E-state index contributed by atoms with van der Waals surface area (Å²) in [5.41, 5.74) is -1.61. The van der Waals surface area contributed by atoms with E-state index < -0.39 is 28.4 Å². The van der Waals surface area contributed by atoms with Crippen molar-refractivity contribution in [3.63, 3.8) is 0 Å². The topological polar surface area (TPSA) is 91.1 Å². The van der Waals surface area contributed by atoms with Gasteiger partial charge in [-0.25, -0.2) is 4.79 Å². The van der Waals surface area contributed by atoms with Gasteiger partial charge in [-0.05, 0) is 40.7 Å². The van der Waals surface area contributed by atoms with Crippen molar-refractivity contribution >= 4 is 11.8 Å². The molecular weight excluding hydrogens is 328 g/mol. The smallest absolute Gasteiger partial charge is 0.413 e. The Kier molecular flexibility index (Phi) is 5.22. The van der Waals surface area contributed by atoms with E-state index in [2.05, 4.69) is 0 Å². The van der Waals surface area contributed by atoms with Gasteiger partial charge in [-0.3, -0.25) is 15.0 Å². The van der Waals surface area contributed by atoms with E-state index in [1.54, 1.807) is 46.8 Å². The second-order valence-electron chi connectivity index (χ2n) is 7.30. The number of amides is 1. The molecule has 1 heterocycles. The zero-order valence-corrected chi connectivity index (χ0v) is 15.1. The molecule has 0 aromatic heterocycles. The molecule has 138 valence electrons. The normalized spacial score (nSPS) is 19.6. The lowest BCUT2D eigenvalue weighted by Gasteiger charge is -2.34. The fourth-order valence-electron chi connectivity index (χ4n) is 2.60. The first-order valence-electron chi connectivity index (χ1n) is 8.04. The number of ether oxygens (including phenoxy) is 3. The SMILES string of the molecule is CC(C)(C)OC(=O)N1[C@H](COc2ccccc2[N+](=O)[O-])COC1(C)C. The molecule has 0 spiro atoms. The third kappa shape index (κ3) is 4.60. The van der Waals surface area contributed by atoms with Crippen LogP contribution >= 0.6 is 0 Å². The number of nitrogens with zero attached hydrogens (tertiary/aromatic N) is 2. The predicted octanol–water partition coefficient (Wildman–Crippen LogP) is 3.35. The summed E-state index contributed by atoms with van der Waals surface area (Å²) >= 11 is 0. The van der Waals surface area contributed by atoms with Crippen LogP contribution in [0.3, 0.4) is 0 Å². The van der Waals surface area contributed by atoms with Crippen LogP contribution in [0.15, 0.2) is 24.3 Å². The lowest BCUT2D eigenvalue weighted by Crippen LogP contribution is -2.51. The minimum atomic E-state index is -0.848. The molecule has 8 heteroatoms. The summed E-state index contributed by atoms with van der Waals surface area (Å²) in [6.45, 7) is 9.21. The quantitative estimate of drug-likeness (QED) is 0.609. The number of nitro benzene ring substituents is 1. The van der Waals surface area contributed by atoms with Crippen LogP contribution in [0.25, 0.3) is 0 Å². The average Bonchev–Trinajstić information content (AvgIpc) is 2.78. The second-order valence-corrected chi connectivity index (χ2v) is 7.30. The molecule has 0 bridgehead atoms. The van der Waals surface area contributed by atoms with Crippen molar-refractivity contribution < 1.29 is 23.9 Å². The van der Waals surface area contributed by atoms with Crippen LogP contribution in [0, 0.1) is 10.1 Å². The minimum absolute atomic E-state index is 0.0630. The highest BCUT2D eigenvalue weighted by atomic mass is 16.6. The van der Waals surface area contributed by atoms with Gasteiger partial charge in [-0.2, -0.15) is 0 Å². The molecular formula is C17H24N2O6. The largest absolute Gasteiger partial charge is 0.485 e. The van der Waals surface area contributed by atoms with Crippen LogP contribution in [0.5, 0.6) is 5.75 Å². The van der Waals surface area contributed by atoms with E-state index in [0.717, 1.165) is 0 Å². The van der Waals surface area contributed by atoms with E-state index in [1.807, 2.05) is 0 Å². The third-order valence-electron chi connectivity index (χ3n) is 3.66. The van der Waals surface area contributed by atoms with Gasteiger partial charge in [0.05, 0.1) is 17.6 Å². The molecule has 0 unspecified atom stereocenters. The van der Waals surface area contributed by atoms with E-state index in [-0.39, 0.29) is 24.7 Å². The predicted molar refractivity (Wildman–Crippen MR) is 90.5 cm³/mol. The summed E-state index contributed by atoms with van der Waals surface area (Å²) in [4.78, 5) is 24.6. The van der Waals surface area contributed by atoms with E-state index >= 15 is 0 Å². The third-order valence-corrected chi connectivity index (χ3v) is 3.66. The molecule has 1 saturated heterocycles. The Labute approximate surface area is 146 Å². The Bertz CT molecular complexity index is 653. The van der Waals surface area contributed by atoms with Crippen molar-refractivity contribution in [3.05, 3.63) is 34.4 Å². The van der Waals surface area contributed by atoms with Gasteiger partial charge in [0, 0.05) is 6.07 Å². The maximum absolute atomic E-state index is 12.5. The van der Waals surface area contributed by atoms with E-state index in [1.165, 1.54) is 17.0 Å². The molecule has 2 rings (SSSR count). The summed E-state index contributed by atoms with van der Waals surface area (Å²) in [6, 6.07) is 5.71. The fourth-order valence-corrected chi connectivity index (χ4v) is 2.60. The molecule has 1 amide bonds. The van der Waals surface area contributed by atoms with Crippen molar-refractivity contribution in [2.24, 2.45) is 0 Å². The molecule has 1 aromatic carbocycles. The fraction of sp³-hybridized carbons (Fsp3) is 0.588. The number of hydrogen-bond donors (Lipinski definition) is 0. The number of nitro groups is 1. The highest BCUT2D eigenvalue weighted by Crippen LogP contribution is 2.31. The zero-order chi connectivity index (χ0) is 18.8. The summed E-state index contributed by atoms with van der Waals surface area (Å²) < 4.78 is 16.7. The minimum Gasteiger partial charge on any atom is -0.485 e. The lowest BCUT2D eigenvalue weighted by atomic mass is 10.2. The van der Waals surface area contributed by atoms with Crippen LogP contribution in [0.1, 0.15) is 34.6 Å². The highest BCUT2D eigenvalue weighted by Gasteiger charge is 2.46. The van der Waals surface area contributed by atoms with E-state index in [9.17, 15) is 14.9 Å². The molecule has 0 aliphatic carbocycles. The zero-order valence-electron chi connectivity index (χ0n) is 15.1. The average molecular weight is 352 g/mol. The van der Waals surface area contributed by atoms with Crippen molar-refractivity contribution in [1.82, 2.24) is 4.90 Å². The number of hydrogen-bond acceptors (Lipinski definition) is 6. The highest BCUT2D eigenvalue weighted by molar-refractivity contribution is 5.69. The number of carbonyl (C=O) groups is 1. The Morgan fingerprint density at radius 1 is 1.40 bits per heavy atom. The molecule has 8 nitrogen and oxygen atoms in total. The van der Waals surface area contributed by atoms with Gasteiger partial charge in [-0.15, -0.1) is 0 Å². The standard InChI is InChI=1S/C17H24N2O6/c1-16(2,3)25-15(20)18-12(11-24-17(18,4)5)10-23-14-9-7-6-8-13(14)19(21)22/h6-9,12H,10-11H2,1-5H3/t12-/m1/s1. The van der Waals surface area contributed by atoms with Gasteiger partial charge in [0.1, 0.15) is 17.9 Å². The van der Waals surface area contributed by atoms with Crippen LogP contribution in [0.4, 0.5) is 10.5 Å². The van der Waals surface area contributed by atoms with Crippen molar-refractivity contribution in [3.8, 4) is 5.75 Å². The van der Waals surface area contributed by atoms with Crippen LogP contribution in [-0.2, 0) is 9.47 Å². The number of rotatable bonds is 4. The summed E-state index contributed by atoms with van der Waals surface area (Å²) in [5.74, 6) is 0.154. The van der Waals surface area contributed by atoms with Crippen molar-refractivity contribution in [2.75, 3.05) is 13.2 Å². The molecule has 1 aromatic rings. The maximum atomic E-state index is 12.5. The van der Waals surface area contributed by atoms with Gasteiger partial charge in [0.25, 0.3) is 0 Å². The van der Waals surface area contributed by atoms with Gasteiger partial charge < -0.3 is 14.2 Å². The summed E-state index contributed by atoms with van der Waals surface area (Å²) in [5, 5.41) is 11.1. The molecule has 0 saturated carbocycles.